The Hall–Kier alpha value is -2.71. The molecule has 2 aliphatic heterocycles. The largest absolute Gasteiger partial charge is 0.338 e. The van der Waals surface area contributed by atoms with Gasteiger partial charge in [0.15, 0.2) is 0 Å². The lowest BCUT2D eigenvalue weighted by molar-refractivity contribution is -0.133. The Bertz CT molecular complexity index is 1030. The third-order valence-corrected chi connectivity index (χ3v) is 6.67. The van der Waals surface area contributed by atoms with Crippen molar-refractivity contribution in [3.05, 3.63) is 65.7 Å². The van der Waals surface area contributed by atoms with Gasteiger partial charge in [0.05, 0.1) is 4.90 Å². The van der Waals surface area contributed by atoms with Crippen molar-refractivity contribution in [1.82, 2.24) is 14.5 Å². The zero-order valence-corrected chi connectivity index (χ0v) is 17.1. The Morgan fingerprint density at radius 1 is 1.03 bits per heavy atom. The van der Waals surface area contributed by atoms with Gasteiger partial charge >= 0.3 is 0 Å². The lowest BCUT2D eigenvalue weighted by atomic mass is 10.2. The first-order chi connectivity index (χ1) is 13.9. The van der Waals surface area contributed by atoms with Gasteiger partial charge in [-0.25, -0.2) is 8.42 Å². The number of amides is 1. The van der Waals surface area contributed by atoms with E-state index in [0.29, 0.717) is 18.7 Å². The SMILES string of the molecule is C[C@H](N=C1NS(=O)(=O)c2ccccc21)C(=O)N1CCN(Cc2ccccc2)CC1. The zero-order chi connectivity index (χ0) is 20.4. The summed E-state index contributed by atoms with van der Waals surface area (Å²) in [5, 5.41) is 0. The number of aliphatic imine (C=N–C) groups is 1. The molecule has 1 saturated heterocycles. The summed E-state index contributed by atoms with van der Waals surface area (Å²) >= 11 is 0. The molecule has 0 spiro atoms. The molecule has 0 aliphatic carbocycles. The van der Waals surface area contributed by atoms with Crippen molar-refractivity contribution in [2.45, 2.75) is 24.4 Å². The molecule has 29 heavy (non-hydrogen) atoms. The maximum atomic E-state index is 12.8. The van der Waals surface area contributed by atoms with Crippen LogP contribution >= 0.6 is 0 Å². The van der Waals surface area contributed by atoms with Crippen molar-refractivity contribution in [1.29, 1.82) is 0 Å². The lowest BCUT2D eigenvalue weighted by Gasteiger charge is -2.35. The Morgan fingerprint density at radius 3 is 2.41 bits per heavy atom. The van der Waals surface area contributed by atoms with E-state index in [2.05, 4.69) is 26.7 Å². The third-order valence-electron chi connectivity index (χ3n) is 5.28. The van der Waals surface area contributed by atoms with Gasteiger partial charge in [-0.2, -0.15) is 0 Å². The molecule has 0 radical (unpaired) electrons. The molecule has 0 aromatic heterocycles. The molecule has 152 valence electrons. The smallest absolute Gasteiger partial charge is 0.263 e. The minimum atomic E-state index is -3.60. The maximum absolute atomic E-state index is 12.8. The molecular weight excluding hydrogens is 388 g/mol. The van der Waals surface area contributed by atoms with Crippen LogP contribution in [-0.2, 0) is 21.4 Å². The summed E-state index contributed by atoms with van der Waals surface area (Å²) in [4.78, 5) is 21.6. The van der Waals surface area contributed by atoms with Crippen molar-refractivity contribution in [2.75, 3.05) is 26.2 Å². The normalized spacial score (nSPS) is 20.9. The highest BCUT2D eigenvalue weighted by atomic mass is 32.2. The number of sulfonamides is 1. The van der Waals surface area contributed by atoms with E-state index in [9.17, 15) is 13.2 Å². The number of fused-ring (bicyclic) bond motifs is 1. The summed E-state index contributed by atoms with van der Waals surface area (Å²) in [7, 11) is -3.60. The summed E-state index contributed by atoms with van der Waals surface area (Å²) in [6.07, 6.45) is 0. The van der Waals surface area contributed by atoms with Gasteiger partial charge in [0.1, 0.15) is 11.9 Å². The molecule has 2 heterocycles. The third kappa shape index (κ3) is 4.18. The van der Waals surface area contributed by atoms with Crippen molar-refractivity contribution >= 4 is 21.8 Å². The van der Waals surface area contributed by atoms with E-state index < -0.39 is 16.1 Å². The number of amidine groups is 1. The molecule has 2 aromatic carbocycles. The number of hydrogen-bond acceptors (Lipinski definition) is 5. The molecule has 4 rings (SSSR count). The van der Waals surface area contributed by atoms with E-state index >= 15 is 0 Å². The number of benzene rings is 2. The van der Waals surface area contributed by atoms with Crippen LogP contribution in [0, 0.1) is 0 Å². The number of carbonyl (C=O) groups excluding carboxylic acids is 1. The van der Waals surface area contributed by atoms with E-state index in [1.54, 1.807) is 31.2 Å². The quantitative estimate of drug-likeness (QED) is 0.824. The molecule has 7 nitrogen and oxygen atoms in total. The predicted molar refractivity (Wildman–Crippen MR) is 111 cm³/mol. The van der Waals surface area contributed by atoms with E-state index in [1.807, 2.05) is 23.1 Å². The van der Waals surface area contributed by atoms with E-state index in [0.717, 1.165) is 19.6 Å². The van der Waals surface area contributed by atoms with Crippen LogP contribution in [0.25, 0.3) is 0 Å². The second-order valence-electron chi connectivity index (χ2n) is 7.34. The topological polar surface area (TPSA) is 82.1 Å². The van der Waals surface area contributed by atoms with Gasteiger partial charge in [0.25, 0.3) is 10.0 Å². The van der Waals surface area contributed by atoms with E-state index in [4.69, 9.17) is 0 Å². The van der Waals surface area contributed by atoms with Crippen molar-refractivity contribution < 1.29 is 13.2 Å². The maximum Gasteiger partial charge on any atom is 0.263 e. The van der Waals surface area contributed by atoms with Crippen LogP contribution in [-0.4, -0.2) is 62.2 Å². The van der Waals surface area contributed by atoms with Crippen LogP contribution in [0.4, 0.5) is 0 Å². The van der Waals surface area contributed by atoms with Gasteiger partial charge < -0.3 is 4.90 Å². The number of hydrogen-bond donors (Lipinski definition) is 1. The molecule has 1 N–H and O–H groups in total. The monoisotopic (exact) mass is 412 g/mol. The highest BCUT2D eigenvalue weighted by Gasteiger charge is 2.32. The fourth-order valence-electron chi connectivity index (χ4n) is 3.71. The van der Waals surface area contributed by atoms with E-state index in [1.165, 1.54) is 5.56 Å². The summed E-state index contributed by atoms with van der Waals surface area (Å²) in [6, 6.07) is 16.3. The van der Waals surface area contributed by atoms with Crippen molar-refractivity contribution in [3.8, 4) is 0 Å². The molecular formula is C21H24N4O3S. The van der Waals surface area contributed by atoms with Gasteiger partial charge in [0.2, 0.25) is 5.91 Å². The molecule has 2 aliphatic rings. The lowest BCUT2D eigenvalue weighted by Crippen LogP contribution is -2.50. The molecule has 8 heteroatoms. The Labute approximate surface area is 171 Å². The van der Waals surface area contributed by atoms with Crippen LogP contribution in [0.5, 0.6) is 0 Å². The van der Waals surface area contributed by atoms with Crippen LogP contribution in [0.15, 0.2) is 64.5 Å². The molecule has 1 atom stereocenters. The van der Waals surface area contributed by atoms with Gasteiger partial charge in [0, 0.05) is 38.3 Å². The number of carbonyl (C=O) groups is 1. The van der Waals surface area contributed by atoms with Crippen LogP contribution in [0.1, 0.15) is 18.1 Å². The molecule has 1 amide bonds. The van der Waals surface area contributed by atoms with Crippen molar-refractivity contribution in [3.63, 3.8) is 0 Å². The number of nitrogens with zero attached hydrogens (tertiary/aromatic N) is 3. The first-order valence-electron chi connectivity index (χ1n) is 9.69. The Morgan fingerprint density at radius 2 is 1.69 bits per heavy atom. The fourth-order valence-corrected chi connectivity index (χ4v) is 4.95. The fraction of sp³-hybridized carbons (Fsp3) is 0.333. The Kier molecular flexibility index (Phi) is 5.38. The highest BCUT2D eigenvalue weighted by Crippen LogP contribution is 2.22. The van der Waals surface area contributed by atoms with E-state index in [-0.39, 0.29) is 16.6 Å². The second kappa shape index (κ2) is 7.96. The van der Waals surface area contributed by atoms with Crippen LogP contribution in [0.3, 0.4) is 0 Å². The molecule has 1 fully saturated rings. The summed E-state index contributed by atoms with van der Waals surface area (Å²) in [6.45, 7) is 5.48. The molecule has 0 unspecified atom stereocenters. The Balaban J connectivity index is 1.39. The number of nitrogens with one attached hydrogen (secondary N) is 1. The number of piperazine rings is 1. The van der Waals surface area contributed by atoms with Crippen LogP contribution in [0.2, 0.25) is 0 Å². The minimum Gasteiger partial charge on any atom is -0.338 e. The summed E-state index contributed by atoms with van der Waals surface area (Å²) < 4.78 is 26.9. The predicted octanol–water partition coefficient (Wildman–Crippen LogP) is 1.46. The standard InChI is InChI=1S/C21H24N4O3S/c1-16(22-20-18-9-5-6-10-19(18)29(27,28)23-20)21(26)25-13-11-24(12-14-25)15-17-7-3-2-4-8-17/h2-10,16H,11-15H2,1H3,(H,22,23)/t16-/m0/s1. The molecule has 0 bridgehead atoms. The number of rotatable bonds is 4. The molecule has 2 aromatic rings. The van der Waals surface area contributed by atoms with Gasteiger partial charge in [-0.3, -0.25) is 19.4 Å². The first kappa shape index (κ1) is 19.6. The first-order valence-corrected chi connectivity index (χ1v) is 11.2. The van der Waals surface area contributed by atoms with Crippen LogP contribution < -0.4 is 4.72 Å². The van der Waals surface area contributed by atoms with Gasteiger partial charge in [-0.15, -0.1) is 0 Å². The molecule has 0 saturated carbocycles. The average molecular weight is 413 g/mol. The second-order valence-corrected chi connectivity index (χ2v) is 8.99. The van der Waals surface area contributed by atoms with Gasteiger partial charge in [-0.05, 0) is 24.6 Å². The summed E-state index contributed by atoms with van der Waals surface area (Å²) in [5.41, 5.74) is 1.78. The highest BCUT2D eigenvalue weighted by molar-refractivity contribution is 7.90. The van der Waals surface area contributed by atoms with Crippen molar-refractivity contribution in [2.24, 2.45) is 4.99 Å². The van der Waals surface area contributed by atoms with Gasteiger partial charge in [-0.1, -0.05) is 42.5 Å². The minimum absolute atomic E-state index is 0.0829. The average Bonchev–Trinajstić information content (AvgIpc) is 2.99. The zero-order valence-electron chi connectivity index (χ0n) is 16.3. The summed E-state index contributed by atoms with van der Waals surface area (Å²) in [5.74, 6) is 0.157.